The van der Waals surface area contributed by atoms with Crippen molar-refractivity contribution in [3.05, 3.63) is 71.0 Å². The first kappa shape index (κ1) is 20.4. The Morgan fingerprint density at radius 1 is 1.04 bits per heavy atom. The fraction of sp³-hybridized carbons (Fsp3) is 0.333. The molecule has 2 aromatic carbocycles. The van der Waals surface area contributed by atoms with Crippen LogP contribution in [0.5, 0.6) is 0 Å². The molecular formula is C21H27FN4O. The molecule has 0 aromatic heterocycles. The molecule has 0 aliphatic carbocycles. The molecule has 27 heavy (non-hydrogen) atoms. The summed E-state index contributed by atoms with van der Waals surface area (Å²) in [6, 6.07) is 14.0. The highest BCUT2D eigenvalue weighted by molar-refractivity contribution is 5.94. The highest BCUT2D eigenvalue weighted by Crippen LogP contribution is 2.09. The smallest absolute Gasteiger partial charge is 0.251 e. The average molecular weight is 370 g/mol. The lowest BCUT2D eigenvalue weighted by molar-refractivity contribution is 0.0955. The molecule has 5 nitrogen and oxygen atoms in total. The second-order valence-electron chi connectivity index (χ2n) is 6.22. The lowest BCUT2D eigenvalue weighted by Crippen LogP contribution is -2.38. The van der Waals surface area contributed by atoms with Gasteiger partial charge in [-0.1, -0.05) is 24.3 Å². The van der Waals surface area contributed by atoms with E-state index in [-0.39, 0.29) is 11.7 Å². The van der Waals surface area contributed by atoms with Crippen molar-refractivity contribution in [3.8, 4) is 0 Å². The topological polar surface area (TPSA) is 56.7 Å². The number of carbonyl (C=O) groups is 1. The lowest BCUT2D eigenvalue weighted by atomic mass is 10.1. The van der Waals surface area contributed by atoms with Gasteiger partial charge in [-0.15, -0.1) is 0 Å². The molecule has 0 fully saturated rings. The fourth-order valence-corrected chi connectivity index (χ4v) is 2.69. The number of amides is 1. The lowest BCUT2D eigenvalue weighted by Gasteiger charge is -2.22. The summed E-state index contributed by atoms with van der Waals surface area (Å²) < 4.78 is 13.4. The van der Waals surface area contributed by atoms with E-state index in [0.29, 0.717) is 25.2 Å². The zero-order valence-electron chi connectivity index (χ0n) is 16.1. The summed E-state index contributed by atoms with van der Waals surface area (Å²) in [6.07, 6.45) is 0. The van der Waals surface area contributed by atoms with Gasteiger partial charge in [-0.05, 0) is 49.2 Å². The van der Waals surface area contributed by atoms with Crippen molar-refractivity contribution in [2.45, 2.75) is 26.9 Å². The molecule has 0 saturated carbocycles. The number of hydrogen-bond acceptors (Lipinski definition) is 2. The van der Waals surface area contributed by atoms with Crippen LogP contribution in [0.2, 0.25) is 0 Å². The van der Waals surface area contributed by atoms with Crippen LogP contribution in [0.1, 0.15) is 35.3 Å². The zero-order valence-corrected chi connectivity index (χ0v) is 16.1. The van der Waals surface area contributed by atoms with E-state index in [0.717, 1.165) is 23.6 Å². The Hall–Kier alpha value is -2.89. The highest BCUT2D eigenvalue weighted by Gasteiger charge is 2.08. The molecule has 0 unspecified atom stereocenters. The second-order valence-corrected chi connectivity index (χ2v) is 6.22. The van der Waals surface area contributed by atoms with E-state index < -0.39 is 0 Å². The Bertz CT molecular complexity index is 791. The minimum Gasteiger partial charge on any atom is -0.357 e. The normalized spacial score (nSPS) is 11.2. The molecule has 0 radical (unpaired) electrons. The van der Waals surface area contributed by atoms with Crippen LogP contribution in [0.3, 0.4) is 0 Å². The van der Waals surface area contributed by atoms with Crippen LogP contribution in [0.4, 0.5) is 4.39 Å². The maximum absolute atomic E-state index is 13.4. The van der Waals surface area contributed by atoms with E-state index in [1.165, 1.54) is 12.1 Å². The Kier molecular flexibility index (Phi) is 7.79. The number of halogens is 1. The predicted molar refractivity (Wildman–Crippen MR) is 107 cm³/mol. The van der Waals surface area contributed by atoms with E-state index in [9.17, 15) is 9.18 Å². The van der Waals surface area contributed by atoms with Crippen molar-refractivity contribution in [1.29, 1.82) is 0 Å². The molecule has 0 aliphatic rings. The Labute approximate surface area is 160 Å². The minimum absolute atomic E-state index is 0.0848. The Balaban J connectivity index is 2.10. The highest BCUT2D eigenvalue weighted by atomic mass is 19.1. The number of nitrogens with one attached hydrogen (secondary N) is 2. The van der Waals surface area contributed by atoms with E-state index in [4.69, 9.17) is 0 Å². The number of carbonyl (C=O) groups excluding carboxylic acids is 1. The number of aliphatic imine (C=N–C) groups is 1. The molecule has 0 spiro atoms. The number of nitrogens with zero attached hydrogens (tertiary/aromatic N) is 2. The number of hydrogen-bond donors (Lipinski definition) is 2. The monoisotopic (exact) mass is 370 g/mol. The third-order valence-corrected chi connectivity index (χ3v) is 3.94. The van der Waals surface area contributed by atoms with Gasteiger partial charge in [0.1, 0.15) is 5.82 Å². The fourth-order valence-electron chi connectivity index (χ4n) is 2.69. The maximum atomic E-state index is 13.4. The van der Waals surface area contributed by atoms with Gasteiger partial charge in [-0.2, -0.15) is 0 Å². The van der Waals surface area contributed by atoms with Gasteiger partial charge in [-0.25, -0.2) is 9.38 Å². The van der Waals surface area contributed by atoms with Gasteiger partial charge in [0.05, 0.1) is 6.54 Å². The summed E-state index contributed by atoms with van der Waals surface area (Å²) in [5, 5.41) is 6.05. The van der Waals surface area contributed by atoms with Gasteiger partial charge in [0.15, 0.2) is 5.96 Å². The molecule has 2 N–H and O–H groups in total. The van der Waals surface area contributed by atoms with Gasteiger partial charge >= 0.3 is 0 Å². The van der Waals surface area contributed by atoms with Gasteiger partial charge in [0.25, 0.3) is 5.91 Å². The predicted octanol–water partition coefficient (Wildman–Crippen LogP) is 3.17. The zero-order chi connectivity index (χ0) is 19.6. The van der Waals surface area contributed by atoms with E-state index in [1.807, 2.05) is 50.1 Å². The molecule has 0 bridgehead atoms. The molecule has 6 heteroatoms. The van der Waals surface area contributed by atoms with Crippen molar-refractivity contribution < 1.29 is 9.18 Å². The third-order valence-electron chi connectivity index (χ3n) is 3.94. The first-order valence-electron chi connectivity index (χ1n) is 9.14. The molecular weight excluding hydrogens is 343 g/mol. The van der Waals surface area contributed by atoms with Crippen LogP contribution < -0.4 is 10.6 Å². The van der Waals surface area contributed by atoms with Crippen molar-refractivity contribution in [2.24, 2.45) is 4.99 Å². The summed E-state index contributed by atoms with van der Waals surface area (Å²) in [4.78, 5) is 18.6. The molecule has 0 heterocycles. The Morgan fingerprint density at radius 3 is 2.44 bits per heavy atom. The van der Waals surface area contributed by atoms with Gasteiger partial charge in [0, 0.05) is 32.2 Å². The summed E-state index contributed by atoms with van der Waals surface area (Å²) in [5.74, 6) is 0.397. The van der Waals surface area contributed by atoms with Crippen molar-refractivity contribution in [3.63, 3.8) is 0 Å². The van der Waals surface area contributed by atoms with Crippen LogP contribution >= 0.6 is 0 Å². The second kappa shape index (κ2) is 10.3. The standard InChI is InChI=1S/C21H27FN4O/c1-4-23-20(27)18-10-6-8-16(12-18)14-25-21(24-5-2)26(3)15-17-9-7-11-19(22)13-17/h6-13H,4-5,14-15H2,1-3H3,(H,23,27)(H,24,25). The molecule has 0 atom stereocenters. The third kappa shape index (κ3) is 6.40. The summed E-state index contributed by atoms with van der Waals surface area (Å²) >= 11 is 0. The summed E-state index contributed by atoms with van der Waals surface area (Å²) in [7, 11) is 1.91. The van der Waals surface area contributed by atoms with E-state index in [1.54, 1.807) is 12.1 Å². The number of guanidine groups is 1. The molecule has 2 aromatic rings. The number of rotatable bonds is 7. The van der Waals surface area contributed by atoms with Crippen LogP contribution in [0, 0.1) is 5.82 Å². The molecule has 144 valence electrons. The van der Waals surface area contributed by atoms with Crippen molar-refractivity contribution >= 4 is 11.9 Å². The van der Waals surface area contributed by atoms with Gasteiger partial charge in [0.2, 0.25) is 0 Å². The van der Waals surface area contributed by atoms with Gasteiger partial charge in [-0.3, -0.25) is 4.79 Å². The number of benzene rings is 2. The largest absolute Gasteiger partial charge is 0.357 e. The van der Waals surface area contributed by atoms with E-state index >= 15 is 0 Å². The van der Waals surface area contributed by atoms with Crippen LogP contribution in [0.15, 0.2) is 53.5 Å². The van der Waals surface area contributed by atoms with Crippen LogP contribution in [0.25, 0.3) is 0 Å². The molecule has 0 aliphatic heterocycles. The maximum Gasteiger partial charge on any atom is 0.251 e. The quantitative estimate of drug-likeness (QED) is 0.581. The molecule has 2 rings (SSSR count). The first-order chi connectivity index (χ1) is 13.0. The van der Waals surface area contributed by atoms with Crippen LogP contribution in [-0.4, -0.2) is 36.9 Å². The van der Waals surface area contributed by atoms with Crippen LogP contribution in [-0.2, 0) is 13.1 Å². The minimum atomic E-state index is -0.245. The van der Waals surface area contributed by atoms with E-state index in [2.05, 4.69) is 15.6 Å². The van der Waals surface area contributed by atoms with Crippen molar-refractivity contribution in [1.82, 2.24) is 15.5 Å². The molecule has 0 saturated heterocycles. The van der Waals surface area contributed by atoms with Gasteiger partial charge < -0.3 is 15.5 Å². The summed E-state index contributed by atoms with van der Waals surface area (Å²) in [6.45, 7) is 6.21. The molecule has 1 amide bonds. The van der Waals surface area contributed by atoms with Crippen molar-refractivity contribution in [2.75, 3.05) is 20.1 Å². The SMILES string of the molecule is CCNC(=O)c1cccc(CN=C(NCC)N(C)Cc2cccc(F)c2)c1. The average Bonchev–Trinajstić information content (AvgIpc) is 2.65. The Morgan fingerprint density at radius 2 is 1.74 bits per heavy atom. The first-order valence-corrected chi connectivity index (χ1v) is 9.14. The summed E-state index contributed by atoms with van der Waals surface area (Å²) in [5.41, 5.74) is 2.46.